The van der Waals surface area contributed by atoms with Gasteiger partial charge in [-0.15, -0.1) is 0 Å². The molecule has 5 aromatic rings. The molecule has 5 rings (SSSR count). The number of ether oxygens (including phenoxy) is 1. The van der Waals surface area contributed by atoms with Gasteiger partial charge in [-0.25, -0.2) is 15.0 Å². The molecule has 2 aromatic heterocycles. The van der Waals surface area contributed by atoms with Crippen LogP contribution < -0.4 is 10.1 Å². The Labute approximate surface area is 186 Å². The monoisotopic (exact) mass is 418 g/mol. The fourth-order valence-corrected chi connectivity index (χ4v) is 3.48. The maximum Gasteiger partial charge on any atom is 0.146 e. The molecule has 0 atom stereocenters. The SMILES string of the molecule is Cc1ccc(-c2cc(Nc3ccc4cccc(OCc5ccccc5)c4n3)ncn2)cc1. The summed E-state index contributed by atoms with van der Waals surface area (Å²) in [6, 6.07) is 30.2. The van der Waals surface area contributed by atoms with Crippen molar-refractivity contribution in [3.63, 3.8) is 0 Å². The van der Waals surface area contributed by atoms with E-state index >= 15 is 0 Å². The molecule has 0 spiro atoms. The van der Waals surface area contributed by atoms with Crippen LogP contribution in [0.15, 0.2) is 97.3 Å². The van der Waals surface area contributed by atoms with Crippen molar-refractivity contribution >= 4 is 22.5 Å². The van der Waals surface area contributed by atoms with Crippen molar-refractivity contribution < 1.29 is 4.74 Å². The number of benzene rings is 3. The quantitative estimate of drug-likeness (QED) is 0.349. The molecule has 0 saturated heterocycles. The molecule has 0 aliphatic rings. The minimum atomic E-state index is 0.491. The Hall–Kier alpha value is -4.25. The molecule has 0 unspecified atom stereocenters. The van der Waals surface area contributed by atoms with Crippen molar-refractivity contribution in [1.82, 2.24) is 15.0 Å². The molecule has 3 aromatic carbocycles. The second-order valence-corrected chi connectivity index (χ2v) is 7.58. The summed E-state index contributed by atoms with van der Waals surface area (Å²) in [5, 5.41) is 4.32. The van der Waals surface area contributed by atoms with E-state index in [1.54, 1.807) is 6.33 Å². The summed E-state index contributed by atoms with van der Waals surface area (Å²) in [7, 11) is 0. The van der Waals surface area contributed by atoms with E-state index < -0.39 is 0 Å². The fourth-order valence-electron chi connectivity index (χ4n) is 3.48. The second kappa shape index (κ2) is 8.86. The van der Waals surface area contributed by atoms with Gasteiger partial charge in [-0.3, -0.25) is 0 Å². The zero-order chi connectivity index (χ0) is 21.8. The summed E-state index contributed by atoms with van der Waals surface area (Å²) < 4.78 is 6.08. The van der Waals surface area contributed by atoms with Crippen LogP contribution in [0.1, 0.15) is 11.1 Å². The molecular weight excluding hydrogens is 396 g/mol. The second-order valence-electron chi connectivity index (χ2n) is 7.58. The maximum absolute atomic E-state index is 6.08. The summed E-state index contributed by atoms with van der Waals surface area (Å²) in [5.74, 6) is 2.13. The topological polar surface area (TPSA) is 59.9 Å². The molecule has 0 saturated carbocycles. The van der Waals surface area contributed by atoms with Crippen LogP contribution in [-0.2, 0) is 6.61 Å². The first-order valence-electron chi connectivity index (χ1n) is 10.5. The third kappa shape index (κ3) is 4.42. The summed E-state index contributed by atoms with van der Waals surface area (Å²) in [6.45, 7) is 2.56. The van der Waals surface area contributed by atoms with E-state index in [-0.39, 0.29) is 0 Å². The number of aryl methyl sites for hydroxylation is 1. The fraction of sp³-hybridized carbons (Fsp3) is 0.0741. The van der Waals surface area contributed by atoms with Crippen LogP contribution in [0.4, 0.5) is 11.6 Å². The predicted octanol–water partition coefficient (Wildman–Crippen LogP) is 6.32. The number of hydrogen-bond acceptors (Lipinski definition) is 5. The van der Waals surface area contributed by atoms with E-state index in [0.29, 0.717) is 18.2 Å². The molecule has 0 fully saturated rings. The average molecular weight is 419 g/mol. The van der Waals surface area contributed by atoms with Gasteiger partial charge >= 0.3 is 0 Å². The van der Waals surface area contributed by atoms with Gasteiger partial charge < -0.3 is 10.1 Å². The summed E-state index contributed by atoms with van der Waals surface area (Å²) in [5.41, 5.74) is 5.04. The van der Waals surface area contributed by atoms with Gasteiger partial charge in [0.2, 0.25) is 0 Å². The van der Waals surface area contributed by atoms with Crippen molar-refractivity contribution in [2.75, 3.05) is 5.32 Å². The van der Waals surface area contributed by atoms with E-state index in [1.807, 2.05) is 66.7 Å². The Balaban J connectivity index is 1.40. The highest BCUT2D eigenvalue weighted by molar-refractivity contribution is 5.86. The number of aromatic nitrogens is 3. The Morgan fingerprint density at radius 2 is 1.62 bits per heavy atom. The molecule has 0 bridgehead atoms. The molecule has 1 N–H and O–H groups in total. The molecule has 0 aliphatic heterocycles. The third-order valence-electron chi connectivity index (χ3n) is 5.19. The summed E-state index contributed by atoms with van der Waals surface area (Å²) in [6.07, 6.45) is 1.56. The molecule has 5 heteroatoms. The van der Waals surface area contributed by atoms with Crippen LogP contribution >= 0.6 is 0 Å². The molecular formula is C27H22N4O. The van der Waals surface area contributed by atoms with Gasteiger partial charge in [0.1, 0.15) is 35.8 Å². The number of nitrogens with zero attached hydrogens (tertiary/aromatic N) is 3. The normalized spacial score (nSPS) is 10.8. The Morgan fingerprint density at radius 1 is 0.781 bits per heavy atom. The minimum Gasteiger partial charge on any atom is -0.487 e. The first kappa shape index (κ1) is 19.7. The van der Waals surface area contributed by atoms with Crippen LogP contribution in [0.3, 0.4) is 0 Å². The van der Waals surface area contributed by atoms with E-state index in [1.165, 1.54) is 5.56 Å². The van der Waals surface area contributed by atoms with Crippen LogP contribution in [0.25, 0.3) is 22.2 Å². The van der Waals surface area contributed by atoms with Crippen LogP contribution in [-0.4, -0.2) is 15.0 Å². The average Bonchev–Trinajstić information content (AvgIpc) is 2.84. The molecule has 0 aliphatic carbocycles. The molecule has 5 nitrogen and oxygen atoms in total. The standard InChI is InChI=1S/C27H22N4O/c1-19-10-12-21(13-11-19)23-16-26(29-18-28-23)30-25-15-14-22-8-5-9-24(27(22)31-25)32-17-20-6-3-2-4-7-20/h2-16,18H,17H2,1H3,(H,28,29,30,31). The van der Waals surface area contributed by atoms with Gasteiger partial charge in [-0.1, -0.05) is 72.3 Å². The van der Waals surface area contributed by atoms with Gasteiger partial charge in [0, 0.05) is 17.0 Å². The van der Waals surface area contributed by atoms with Crippen molar-refractivity contribution in [3.05, 3.63) is 108 Å². The zero-order valence-corrected chi connectivity index (χ0v) is 17.7. The molecule has 2 heterocycles. The maximum atomic E-state index is 6.08. The highest BCUT2D eigenvalue weighted by Gasteiger charge is 2.08. The lowest BCUT2D eigenvalue weighted by Crippen LogP contribution is -2.00. The Morgan fingerprint density at radius 3 is 2.47 bits per heavy atom. The van der Waals surface area contributed by atoms with Gasteiger partial charge in [-0.05, 0) is 30.7 Å². The number of fused-ring (bicyclic) bond motifs is 1. The summed E-state index contributed by atoms with van der Waals surface area (Å²) >= 11 is 0. The number of anilines is 2. The smallest absolute Gasteiger partial charge is 0.146 e. The van der Waals surface area contributed by atoms with Crippen molar-refractivity contribution in [1.29, 1.82) is 0 Å². The molecule has 0 amide bonds. The first-order valence-corrected chi connectivity index (χ1v) is 10.5. The van der Waals surface area contributed by atoms with Crippen molar-refractivity contribution in [3.8, 4) is 17.0 Å². The van der Waals surface area contributed by atoms with Crippen LogP contribution in [0.2, 0.25) is 0 Å². The Bertz CT molecular complexity index is 1350. The minimum absolute atomic E-state index is 0.491. The van der Waals surface area contributed by atoms with Crippen LogP contribution in [0, 0.1) is 6.92 Å². The lowest BCUT2D eigenvalue weighted by molar-refractivity contribution is 0.309. The zero-order valence-electron chi connectivity index (χ0n) is 17.7. The van der Waals surface area contributed by atoms with Gasteiger partial charge in [0.25, 0.3) is 0 Å². The van der Waals surface area contributed by atoms with Gasteiger partial charge in [0.15, 0.2) is 0 Å². The van der Waals surface area contributed by atoms with Gasteiger partial charge in [-0.2, -0.15) is 0 Å². The number of pyridine rings is 1. The predicted molar refractivity (Wildman–Crippen MR) is 128 cm³/mol. The first-order chi connectivity index (χ1) is 15.7. The number of para-hydroxylation sites is 1. The van der Waals surface area contributed by atoms with Crippen molar-refractivity contribution in [2.45, 2.75) is 13.5 Å². The highest BCUT2D eigenvalue weighted by Crippen LogP contribution is 2.27. The highest BCUT2D eigenvalue weighted by atomic mass is 16.5. The van der Waals surface area contributed by atoms with E-state index in [4.69, 9.17) is 9.72 Å². The third-order valence-corrected chi connectivity index (χ3v) is 5.19. The molecule has 156 valence electrons. The van der Waals surface area contributed by atoms with E-state index in [2.05, 4.69) is 46.5 Å². The lowest BCUT2D eigenvalue weighted by Gasteiger charge is -2.11. The molecule has 32 heavy (non-hydrogen) atoms. The van der Waals surface area contributed by atoms with Crippen LogP contribution in [0.5, 0.6) is 5.75 Å². The Kier molecular flexibility index (Phi) is 5.45. The summed E-state index contributed by atoms with van der Waals surface area (Å²) in [4.78, 5) is 13.6. The van der Waals surface area contributed by atoms with Crippen molar-refractivity contribution in [2.24, 2.45) is 0 Å². The van der Waals surface area contributed by atoms with E-state index in [9.17, 15) is 0 Å². The van der Waals surface area contributed by atoms with E-state index in [0.717, 1.165) is 33.5 Å². The number of hydrogen-bond donors (Lipinski definition) is 1. The largest absolute Gasteiger partial charge is 0.487 e. The lowest BCUT2D eigenvalue weighted by atomic mass is 10.1. The molecule has 0 radical (unpaired) electrons. The number of rotatable bonds is 6. The van der Waals surface area contributed by atoms with Gasteiger partial charge in [0.05, 0.1) is 5.69 Å². The number of nitrogens with one attached hydrogen (secondary N) is 1.